The van der Waals surface area contributed by atoms with Gasteiger partial charge < -0.3 is 15.8 Å². The fourth-order valence-electron chi connectivity index (χ4n) is 2.01. The Balaban J connectivity index is 2.77. The molecule has 0 spiro atoms. The van der Waals surface area contributed by atoms with Crippen LogP contribution in [0.1, 0.15) is 31.4 Å². The third-order valence-electron chi connectivity index (χ3n) is 3.32. The highest BCUT2D eigenvalue weighted by Crippen LogP contribution is 2.27. The van der Waals surface area contributed by atoms with Crippen molar-refractivity contribution < 1.29 is 4.74 Å². The van der Waals surface area contributed by atoms with Crippen LogP contribution in [-0.4, -0.2) is 20.2 Å². The summed E-state index contributed by atoms with van der Waals surface area (Å²) in [6.45, 7) is 10.3. The number of anilines is 1. The molecule has 0 saturated heterocycles. The molecule has 3 N–H and O–H groups in total. The van der Waals surface area contributed by atoms with Gasteiger partial charge in [-0.25, -0.2) is 0 Å². The maximum absolute atomic E-state index is 5.63. The van der Waals surface area contributed by atoms with Gasteiger partial charge in [-0.2, -0.15) is 0 Å². The van der Waals surface area contributed by atoms with Crippen LogP contribution in [0.2, 0.25) is 0 Å². The number of rotatable bonds is 6. The average Bonchev–Trinajstić information content (AvgIpc) is 2.29. The summed E-state index contributed by atoms with van der Waals surface area (Å²) >= 11 is 0. The molecule has 0 bridgehead atoms. The summed E-state index contributed by atoms with van der Waals surface area (Å²) in [7, 11) is 1.71. The molecule has 0 heterocycles. The predicted molar refractivity (Wildman–Crippen MR) is 78.4 cm³/mol. The summed E-state index contributed by atoms with van der Waals surface area (Å²) in [6.07, 6.45) is 1.02. The highest BCUT2D eigenvalue weighted by molar-refractivity contribution is 5.57. The van der Waals surface area contributed by atoms with Crippen molar-refractivity contribution in [3.05, 3.63) is 23.3 Å². The van der Waals surface area contributed by atoms with Crippen LogP contribution >= 0.6 is 0 Å². The Morgan fingerprint density at radius 1 is 1.22 bits per heavy atom. The van der Waals surface area contributed by atoms with Crippen LogP contribution in [0.3, 0.4) is 0 Å². The van der Waals surface area contributed by atoms with Crippen LogP contribution in [0.15, 0.2) is 12.1 Å². The first-order chi connectivity index (χ1) is 8.39. The first-order valence-electron chi connectivity index (χ1n) is 6.49. The molecule has 0 aliphatic rings. The lowest BCUT2D eigenvalue weighted by Crippen LogP contribution is -2.26. The molecule has 0 fully saturated rings. The van der Waals surface area contributed by atoms with E-state index in [0.717, 1.165) is 30.8 Å². The Labute approximate surface area is 111 Å². The minimum atomic E-state index is 0.217. The zero-order valence-corrected chi connectivity index (χ0v) is 12.3. The van der Waals surface area contributed by atoms with Gasteiger partial charge in [0, 0.05) is 12.2 Å². The fourth-order valence-corrected chi connectivity index (χ4v) is 2.01. The molecular weight excluding hydrogens is 224 g/mol. The number of hydrogen-bond acceptors (Lipinski definition) is 3. The van der Waals surface area contributed by atoms with E-state index in [4.69, 9.17) is 10.5 Å². The Morgan fingerprint density at radius 3 is 2.44 bits per heavy atom. The third-order valence-corrected chi connectivity index (χ3v) is 3.32. The summed E-state index contributed by atoms with van der Waals surface area (Å²) in [5.41, 5.74) is 9.39. The van der Waals surface area contributed by atoms with E-state index in [9.17, 15) is 0 Å². The number of nitrogens with two attached hydrogens (primary N) is 1. The van der Waals surface area contributed by atoms with E-state index >= 15 is 0 Å². The van der Waals surface area contributed by atoms with Crippen LogP contribution in [0.5, 0.6) is 5.75 Å². The molecule has 0 saturated carbocycles. The van der Waals surface area contributed by atoms with Gasteiger partial charge in [0.2, 0.25) is 0 Å². The summed E-state index contributed by atoms with van der Waals surface area (Å²) in [6, 6.07) is 4.22. The van der Waals surface area contributed by atoms with Crippen molar-refractivity contribution in [2.24, 2.45) is 11.1 Å². The molecule has 3 nitrogen and oxygen atoms in total. The van der Waals surface area contributed by atoms with Crippen molar-refractivity contribution in [2.45, 2.75) is 34.1 Å². The molecule has 0 aromatic heterocycles. The van der Waals surface area contributed by atoms with Gasteiger partial charge in [-0.05, 0) is 55.5 Å². The van der Waals surface area contributed by atoms with E-state index in [1.165, 1.54) is 11.3 Å². The maximum Gasteiger partial charge on any atom is 0.122 e. The van der Waals surface area contributed by atoms with Crippen LogP contribution in [0, 0.1) is 19.3 Å². The van der Waals surface area contributed by atoms with Crippen molar-refractivity contribution >= 4 is 5.69 Å². The zero-order valence-electron chi connectivity index (χ0n) is 12.3. The third kappa shape index (κ3) is 3.91. The molecule has 0 amide bonds. The molecule has 3 heteroatoms. The van der Waals surface area contributed by atoms with Crippen molar-refractivity contribution in [1.29, 1.82) is 0 Å². The monoisotopic (exact) mass is 250 g/mol. The summed E-state index contributed by atoms with van der Waals surface area (Å²) in [5.74, 6) is 0.944. The highest BCUT2D eigenvalue weighted by atomic mass is 16.5. The van der Waals surface area contributed by atoms with Gasteiger partial charge >= 0.3 is 0 Å². The molecule has 18 heavy (non-hydrogen) atoms. The molecule has 102 valence electrons. The van der Waals surface area contributed by atoms with Crippen molar-refractivity contribution in [2.75, 3.05) is 25.5 Å². The number of ether oxygens (including phenoxy) is 1. The number of hydrogen-bond donors (Lipinski definition) is 2. The predicted octanol–water partition coefficient (Wildman–Crippen LogP) is 3.10. The van der Waals surface area contributed by atoms with E-state index < -0.39 is 0 Å². The second-order valence-corrected chi connectivity index (χ2v) is 5.69. The van der Waals surface area contributed by atoms with Gasteiger partial charge in [0.1, 0.15) is 5.75 Å². The summed E-state index contributed by atoms with van der Waals surface area (Å²) < 4.78 is 5.32. The molecular formula is C15H26N2O. The van der Waals surface area contributed by atoms with Crippen LogP contribution < -0.4 is 15.8 Å². The fraction of sp³-hybridized carbons (Fsp3) is 0.600. The molecule has 1 rings (SSSR count). The first kappa shape index (κ1) is 14.8. The second-order valence-electron chi connectivity index (χ2n) is 5.69. The van der Waals surface area contributed by atoms with Gasteiger partial charge in [0.05, 0.1) is 7.11 Å². The standard InChI is InChI=1S/C15H26N2O/c1-11-9-14(18-5)12(2)8-13(11)17-10-15(3,4)6-7-16/h8-9,17H,6-7,10,16H2,1-5H3. The van der Waals surface area contributed by atoms with E-state index in [-0.39, 0.29) is 5.41 Å². The van der Waals surface area contributed by atoms with Gasteiger partial charge in [-0.15, -0.1) is 0 Å². The number of nitrogens with one attached hydrogen (secondary N) is 1. The number of methoxy groups -OCH3 is 1. The Hall–Kier alpha value is -1.22. The van der Waals surface area contributed by atoms with Crippen molar-refractivity contribution in [1.82, 2.24) is 0 Å². The average molecular weight is 250 g/mol. The van der Waals surface area contributed by atoms with Gasteiger partial charge in [-0.3, -0.25) is 0 Å². The minimum Gasteiger partial charge on any atom is -0.496 e. The van der Waals surface area contributed by atoms with Gasteiger partial charge in [0.15, 0.2) is 0 Å². The van der Waals surface area contributed by atoms with Gasteiger partial charge in [-0.1, -0.05) is 13.8 Å². The SMILES string of the molecule is COc1cc(C)c(NCC(C)(C)CCN)cc1C. The summed E-state index contributed by atoms with van der Waals surface area (Å²) in [4.78, 5) is 0. The minimum absolute atomic E-state index is 0.217. The van der Waals surface area contributed by atoms with E-state index in [1.54, 1.807) is 7.11 Å². The van der Waals surface area contributed by atoms with Crippen molar-refractivity contribution in [3.63, 3.8) is 0 Å². The van der Waals surface area contributed by atoms with Crippen molar-refractivity contribution in [3.8, 4) is 5.75 Å². The largest absolute Gasteiger partial charge is 0.496 e. The maximum atomic E-state index is 5.63. The molecule has 0 atom stereocenters. The lowest BCUT2D eigenvalue weighted by molar-refractivity contribution is 0.365. The lowest BCUT2D eigenvalue weighted by atomic mass is 9.89. The van der Waals surface area contributed by atoms with Gasteiger partial charge in [0.25, 0.3) is 0 Å². The van der Waals surface area contributed by atoms with Crippen LogP contribution in [0.25, 0.3) is 0 Å². The Bertz CT molecular complexity index is 400. The molecule has 0 aliphatic carbocycles. The number of benzene rings is 1. The van der Waals surface area contributed by atoms with E-state index in [0.29, 0.717) is 0 Å². The Morgan fingerprint density at radius 2 is 1.89 bits per heavy atom. The first-order valence-corrected chi connectivity index (χ1v) is 6.49. The molecule has 0 unspecified atom stereocenters. The zero-order chi connectivity index (χ0) is 13.8. The van der Waals surface area contributed by atoms with E-state index in [1.807, 2.05) is 0 Å². The quantitative estimate of drug-likeness (QED) is 0.815. The number of aryl methyl sites for hydroxylation is 2. The Kier molecular flexibility index (Phi) is 5.03. The second kappa shape index (κ2) is 6.10. The lowest BCUT2D eigenvalue weighted by Gasteiger charge is -2.25. The van der Waals surface area contributed by atoms with E-state index in [2.05, 4.69) is 45.1 Å². The highest BCUT2D eigenvalue weighted by Gasteiger charge is 2.17. The molecule has 1 aromatic carbocycles. The molecule has 1 aromatic rings. The molecule has 0 aliphatic heterocycles. The molecule has 0 radical (unpaired) electrons. The van der Waals surface area contributed by atoms with Crippen LogP contribution in [-0.2, 0) is 0 Å². The topological polar surface area (TPSA) is 47.3 Å². The normalized spacial score (nSPS) is 11.4. The van der Waals surface area contributed by atoms with Crippen LogP contribution in [0.4, 0.5) is 5.69 Å². The smallest absolute Gasteiger partial charge is 0.122 e. The summed E-state index contributed by atoms with van der Waals surface area (Å²) in [5, 5.41) is 3.52.